The molecule has 10 nitrogen and oxygen atoms in total. The fourth-order valence-corrected chi connectivity index (χ4v) is 5.06. The summed E-state index contributed by atoms with van der Waals surface area (Å²) >= 11 is 0. The zero-order chi connectivity index (χ0) is 25.3. The molecule has 1 saturated heterocycles. The lowest BCUT2D eigenvalue weighted by molar-refractivity contribution is 0.372. The van der Waals surface area contributed by atoms with Gasteiger partial charge in [0.25, 0.3) is 10.0 Å². The van der Waals surface area contributed by atoms with Crippen molar-refractivity contribution in [2.45, 2.75) is 24.3 Å². The lowest BCUT2D eigenvalue weighted by Gasteiger charge is -2.24. The number of anilines is 2. The minimum atomic E-state index is -3.98. The van der Waals surface area contributed by atoms with Crippen molar-refractivity contribution in [3.05, 3.63) is 54.2 Å². The SMILES string of the molecule is COc1ccc(CC2CCNCC2)c(Nc2nc3ccccc3nc2-c2nc(S(N)(=O)=O)cn2C)c1. The van der Waals surface area contributed by atoms with E-state index in [-0.39, 0.29) is 5.03 Å². The summed E-state index contributed by atoms with van der Waals surface area (Å²) in [6.07, 6.45) is 4.54. The molecular weight excluding hydrogens is 478 g/mol. The maximum Gasteiger partial charge on any atom is 0.257 e. The molecule has 0 amide bonds. The summed E-state index contributed by atoms with van der Waals surface area (Å²) < 4.78 is 31.0. The van der Waals surface area contributed by atoms with E-state index in [0.29, 0.717) is 34.3 Å². The van der Waals surface area contributed by atoms with Crippen LogP contribution in [0.4, 0.5) is 11.5 Å². The first kappa shape index (κ1) is 24.2. The second kappa shape index (κ2) is 9.84. The van der Waals surface area contributed by atoms with Crippen LogP contribution in [0.3, 0.4) is 0 Å². The molecule has 0 atom stereocenters. The average Bonchev–Trinajstić information content (AvgIpc) is 3.27. The van der Waals surface area contributed by atoms with Gasteiger partial charge >= 0.3 is 0 Å². The third-order valence-electron chi connectivity index (χ3n) is 6.47. The number of methoxy groups -OCH3 is 1. The van der Waals surface area contributed by atoms with Crippen LogP contribution in [-0.4, -0.2) is 48.1 Å². The monoisotopic (exact) mass is 507 g/mol. The van der Waals surface area contributed by atoms with Crippen LogP contribution in [0.2, 0.25) is 0 Å². The van der Waals surface area contributed by atoms with Crippen LogP contribution in [0.1, 0.15) is 18.4 Å². The number of para-hydroxylation sites is 2. The van der Waals surface area contributed by atoms with E-state index in [0.717, 1.165) is 49.4 Å². The molecule has 188 valence electrons. The maximum atomic E-state index is 12.0. The van der Waals surface area contributed by atoms with Crippen molar-refractivity contribution in [1.82, 2.24) is 24.8 Å². The molecule has 2 aromatic heterocycles. The van der Waals surface area contributed by atoms with E-state index in [1.165, 1.54) is 6.20 Å². The molecule has 0 bridgehead atoms. The number of piperidine rings is 1. The zero-order valence-electron chi connectivity index (χ0n) is 20.2. The van der Waals surface area contributed by atoms with Crippen LogP contribution in [0, 0.1) is 5.92 Å². The summed E-state index contributed by atoms with van der Waals surface area (Å²) in [6.45, 7) is 2.05. The molecule has 11 heteroatoms. The van der Waals surface area contributed by atoms with Gasteiger partial charge in [0.15, 0.2) is 16.7 Å². The number of nitrogens with two attached hydrogens (primary N) is 1. The highest BCUT2D eigenvalue weighted by molar-refractivity contribution is 7.89. The molecule has 0 aliphatic carbocycles. The summed E-state index contributed by atoms with van der Waals surface area (Å²) in [6, 6.07) is 13.5. The Morgan fingerprint density at radius 3 is 2.50 bits per heavy atom. The van der Waals surface area contributed by atoms with Crippen LogP contribution in [0.25, 0.3) is 22.6 Å². The average molecular weight is 508 g/mol. The van der Waals surface area contributed by atoms with Gasteiger partial charge in [-0.1, -0.05) is 18.2 Å². The lowest BCUT2D eigenvalue weighted by atomic mass is 9.90. The molecule has 0 unspecified atom stereocenters. The van der Waals surface area contributed by atoms with E-state index in [4.69, 9.17) is 19.8 Å². The highest BCUT2D eigenvalue weighted by atomic mass is 32.2. The highest BCUT2D eigenvalue weighted by Crippen LogP contribution is 2.33. The fraction of sp³-hybridized carbons (Fsp3) is 0.320. The highest BCUT2D eigenvalue weighted by Gasteiger charge is 2.22. The Hall–Kier alpha value is -3.54. The number of hydrogen-bond donors (Lipinski definition) is 3. The van der Waals surface area contributed by atoms with Crippen molar-refractivity contribution in [1.29, 1.82) is 0 Å². The minimum Gasteiger partial charge on any atom is -0.497 e. The first-order valence-electron chi connectivity index (χ1n) is 11.8. The number of nitrogens with zero attached hydrogens (tertiary/aromatic N) is 4. The molecule has 1 fully saturated rings. The Bertz CT molecular complexity index is 1510. The molecule has 1 aliphatic heterocycles. The number of hydrogen-bond acceptors (Lipinski definition) is 8. The normalized spacial score (nSPS) is 14.8. The molecule has 2 aromatic carbocycles. The Morgan fingerprint density at radius 1 is 1.11 bits per heavy atom. The number of primary sulfonamides is 1. The second-order valence-corrected chi connectivity index (χ2v) is 10.5. The number of fused-ring (bicyclic) bond motifs is 1. The molecule has 0 spiro atoms. The minimum absolute atomic E-state index is 0.228. The molecule has 0 saturated carbocycles. The third-order valence-corrected chi connectivity index (χ3v) is 7.25. The molecule has 5 rings (SSSR count). The molecule has 4 aromatic rings. The van der Waals surface area contributed by atoms with E-state index in [9.17, 15) is 8.42 Å². The Morgan fingerprint density at radius 2 is 1.83 bits per heavy atom. The number of sulfonamides is 1. The molecule has 4 N–H and O–H groups in total. The van der Waals surface area contributed by atoms with Crippen LogP contribution in [-0.2, 0) is 23.5 Å². The Balaban J connectivity index is 1.62. The summed E-state index contributed by atoms with van der Waals surface area (Å²) in [7, 11) is -0.646. The predicted molar refractivity (Wildman–Crippen MR) is 139 cm³/mol. The number of nitrogens with one attached hydrogen (secondary N) is 2. The number of ether oxygens (including phenoxy) is 1. The first-order valence-corrected chi connectivity index (χ1v) is 13.3. The summed E-state index contributed by atoms with van der Waals surface area (Å²) in [5.41, 5.74) is 3.79. The van der Waals surface area contributed by atoms with Crippen molar-refractivity contribution >= 4 is 32.6 Å². The largest absolute Gasteiger partial charge is 0.497 e. The third kappa shape index (κ3) is 5.03. The quantitative estimate of drug-likeness (QED) is 0.347. The number of aromatic nitrogens is 4. The van der Waals surface area contributed by atoms with Crippen molar-refractivity contribution in [3.63, 3.8) is 0 Å². The van der Waals surface area contributed by atoms with Gasteiger partial charge in [-0.25, -0.2) is 28.5 Å². The van der Waals surface area contributed by atoms with Crippen molar-refractivity contribution in [3.8, 4) is 17.3 Å². The first-order chi connectivity index (χ1) is 17.3. The van der Waals surface area contributed by atoms with Gasteiger partial charge in [0.05, 0.1) is 18.1 Å². The van der Waals surface area contributed by atoms with Crippen molar-refractivity contribution < 1.29 is 13.2 Å². The molecule has 1 aliphatic rings. The van der Waals surface area contributed by atoms with Gasteiger partial charge in [-0.2, -0.15) is 0 Å². The van der Waals surface area contributed by atoms with E-state index >= 15 is 0 Å². The number of aryl methyl sites for hydroxylation is 1. The molecular formula is C25H29N7O3S. The zero-order valence-corrected chi connectivity index (χ0v) is 21.0. The Labute approximate surface area is 210 Å². The van der Waals surface area contributed by atoms with E-state index in [1.54, 1.807) is 18.7 Å². The summed E-state index contributed by atoms with van der Waals surface area (Å²) in [4.78, 5) is 13.9. The van der Waals surface area contributed by atoms with Gasteiger partial charge in [0, 0.05) is 25.0 Å². The van der Waals surface area contributed by atoms with Gasteiger partial charge in [0.1, 0.15) is 11.4 Å². The van der Waals surface area contributed by atoms with E-state index in [1.807, 2.05) is 36.4 Å². The van der Waals surface area contributed by atoms with Gasteiger partial charge in [-0.3, -0.25) is 0 Å². The topological polar surface area (TPSA) is 137 Å². The molecule has 36 heavy (non-hydrogen) atoms. The smallest absolute Gasteiger partial charge is 0.257 e. The van der Waals surface area contributed by atoms with E-state index in [2.05, 4.69) is 21.7 Å². The predicted octanol–water partition coefficient (Wildman–Crippen LogP) is 2.97. The molecule has 0 radical (unpaired) electrons. The fourth-order valence-electron chi connectivity index (χ4n) is 4.54. The molecule has 3 heterocycles. The standard InChI is InChI=1S/C25H29N7O3S/c1-32-15-22(36(26,33)34)31-25(32)23-24(29-20-6-4-3-5-19(20)28-23)30-21-14-18(35-2)8-7-17(21)13-16-9-11-27-12-10-16/h3-8,14-16,27H,9-13H2,1-2H3,(H,29,30)(H2,26,33,34). The number of rotatable bonds is 7. The van der Waals surface area contributed by atoms with Crippen LogP contribution in [0.15, 0.2) is 53.7 Å². The van der Waals surface area contributed by atoms with Gasteiger partial charge < -0.3 is 19.9 Å². The van der Waals surface area contributed by atoms with Gasteiger partial charge in [0.2, 0.25) is 0 Å². The Kier molecular flexibility index (Phi) is 6.61. The van der Waals surface area contributed by atoms with Crippen LogP contribution >= 0.6 is 0 Å². The van der Waals surface area contributed by atoms with Crippen molar-refractivity contribution in [2.75, 3.05) is 25.5 Å². The summed E-state index contributed by atoms with van der Waals surface area (Å²) in [5, 5.41) is 12.0. The van der Waals surface area contributed by atoms with E-state index < -0.39 is 10.0 Å². The van der Waals surface area contributed by atoms with Crippen LogP contribution in [0.5, 0.6) is 5.75 Å². The van der Waals surface area contributed by atoms with Crippen LogP contribution < -0.4 is 20.5 Å². The maximum absolute atomic E-state index is 12.0. The van der Waals surface area contributed by atoms with Gasteiger partial charge in [-0.05, 0) is 62.0 Å². The van der Waals surface area contributed by atoms with Crippen molar-refractivity contribution in [2.24, 2.45) is 18.1 Å². The summed E-state index contributed by atoms with van der Waals surface area (Å²) in [5.74, 6) is 2.09. The number of benzene rings is 2. The lowest BCUT2D eigenvalue weighted by Crippen LogP contribution is -2.28. The second-order valence-electron chi connectivity index (χ2n) is 9.01. The van der Waals surface area contributed by atoms with Gasteiger partial charge in [-0.15, -0.1) is 0 Å². The number of imidazole rings is 1.